The average Bonchev–Trinajstić information content (AvgIpc) is 3.03. The summed E-state index contributed by atoms with van der Waals surface area (Å²) in [7, 11) is 1.27. The van der Waals surface area contributed by atoms with Crippen LogP contribution in [0.15, 0.2) is 62.7 Å². The molecule has 0 spiro atoms. The number of fused-ring (bicyclic) bond motifs is 2. The molecule has 0 bridgehead atoms. The molecule has 0 unspecified atom stereocenters. The molecule has 0 saturated heterocycles. The summed E-state index contributed by atoms with van der Waals surface area (Å²) in [5.41, 5.74) is 0.0816. The highest BCUT2D eigenvalue weighted by molar-refractivity contribution is 7.16. The second-order valence-corrected chi connectivity index (χ2v) is 7.51. The number of hydrogen-bond acceptors (Lipinski definition) is 6. The molecule has 0 saturated carbocycles. The number of carbonyl (C=O) groups is 2. The number of nitrogens with zero attached hydrogens (tertiary/aromatic N) is 2. The van der Waals surface area contributed by atoms with Crippen LogP contribution >= 0.6 is 22.9 Å². The molecule has 29 heavy (non-hydrogen) atoms. The predicted octanol–water partition coefficient (Wildman–Crippen LogP) is 3.38. The second kappa shape index (κ2) is 7.65. The highest BCUT2D eigenvalue weighted by Crippen LogP contribution is 2.22. The zero-order valence-corrected chi connectivity index (χ0v) is 16.6. The number of halogens is 1. The van der Waals surface area contributed by atoms with Crippen molar-refractivity contribution in [3.05, 3.63) is 74.3 Å². The Balaban J connectivity index is 1.88. The van der Waals surface area contributed by atoms with Crippen LogP contribution in [0.25, 0.3) is 21.2 Å². The number of esters is 1. The molecule has 9 heteroatoms. The minimum Gasteiger partial charge on any atom is -0.468 e. The third-order valence-corrected chi connectivity index (χ3v) is 5.50. The van der Waals surface area contributed by atoms with Crippen LogP contribution in [-0.2, 0) is 16.1 Å². The van der Waals surface area contributed by atoms with E-state index >= 15 is 0 Å². The van der Waals surface area contributed by atoms with Crippen molar-refractivity contribution in [2.75, 3.05) is 7.11 Å². The van der Waals surface area contributed by atoms with Crippen molar-refractivity contribution >= 4 is 56.0 Å². The van der Waals surface area contributed by atoms with Crippen LogP contribution in [0.5, 0.6) is 0 Å². The van der Waals surface area contributed by atoms with Gasteiger partial charge in [-0.25, -0.2) is 4.79 Å². The quantitative estimate of drug-likeness (QED) is 0.368. The molecule has 0 aliphatic carbocycles. The minimum absolute atomic E-state index is 0.142. The lowest BCUT2D eigenvalue weighted by Gasteiger charge is -2.03. The fourth-order valence-electron chi connectivity index (χ4n) is 2.84. The minimum atomic E-state index is -0.777. The third kappa shape index (κ3) is 3.72. The van der Waals surface area contributed by atoms with E-state index in [2.05, 4.69) is 4.99 Å². The molecule has 0 atom stereocenters. The third-order valence-electron chi connectivity index (χ3n) is 4.23. The van der Waals surface area contributed by atoms with Crippen LogP contribution in [0.4, 0.5) is 0 Å². The fraction of sp³-hybridized carbons (Fsp3) is 0.100. The summed E-state index contributed by atoms with van der Waals surface area (Å²) in [6.07, 6.45) is 0. The number of methoxy groups -OCH3 is 1. The largest absolute Gasteiger partial charge is 0.468 e. The molecule has 0 aliphatic rings. The average molecular weight is 429 g/mol. The molecule has 0 fully saturated rings. The SMILES string of the molecule is COC(=O)Cn1c(=NC(=O)c2cc3ccccc3oc2=O)sc2cc(Cl)ccc21. The zero-order valence-electron chi connectivity index (χ0n) is 15.0. The summed E-state index contributed by atoms with van der Waals surface area (Å²) in [4.78, 5) is 41.2. The number of aromatic nitrogens is 1. The van der Waals surface area contributed by atoms with Crippen molar-refractivity contribution in [3.63, 3.8) is 0 Å². The maximum absolute atomic E-state index is 12.8. The smallest absolute Gasteiger partial charge is 0.349 e. The van der Waals surface area contributed by atoms with Crippen molar-refractivity contribution < 1.29 is 18.7 Å². The number of rotatable bonds is 3. The molecule has 4 aromatic rings. The number of benzene rings is 2. The summed E-state index contributed by atoms with van der Waals surface area (Å²) in [6, 6.07) is 13.4. The summed E-state index contributed by atoms with van der Waals surface area (Å²) in [5.74, 6) is -1.26. The van der Waals surface area contributed by atoms with Gasteiger partial charge in [0.25, 0.3) is 5.91 Å². The molecule has 146 valence electrons. The van der Waals surface area contributed by atoms with Gasteiger partial charge >= 0.3 is 11.6 Å². The van der Waals surface area contributed by atoms with Gasteiger partial charge in [0, 0.05) is 10.4 Å². The Morgan fingerprint density at radius 3 is 2.79 bits per heavy atom. The van der Waals surface area contributed by atoms with Crippen LogP contribution < -0.4 is 10.4 Å². The number of amides is 1. The van der Waals surface area contributed by atoms with Crippen molar-refractivity contribution in [1.29, 1.82) is 0 Å². The van der Waals surface area contributed by atoms with E-state index in [4.69, 9.17) is 20.8 Å². The van der Waals surface area contributed by atoms with E-state index in [1.54, 1.807) is 47.0 Å². The summed E-state index contributed by atoms with van der Waals surface area (Å²) in [5, 5.41) is 1.12. The standard InChI is InChI=1S/C20H13ClN2O5S/c1-27-17(24)10-23-14-7-6-12(21)9-16(14)29-20(23)22-18(25)13-8-11-4-2-3-5-15(11)28-19(13)26/h2-9H,10H2,1H3. The second-order valence-electron chi connectivity index (χ2n) is 6.06. The van der Waals surface area contributed by atoms with Gasteiger partial charge in [-0.3, -0.25) is 9.59 Å². The van der Waals surface area contributed by atoms with Crippen LogP contribution in [0.2, 0.25) is 5.02 Å². The van der Waals surface area contributed by atoms with E-state index in [1.807, 2.05) is 0 Å². The molecule has 0 radical (unpaired) electrons. The maximum atomic E-state index is 12.8. The van der Waals surface area contributed by atoms with Crippen LogP contribution in [0, 0.1) is 0 Å². The first-order valence-corrected chi connectivity index (χ1v) is 9.63. The number of hydrogen-bond donors (Lipinski definition) is 0. The monoisotopic (exact) mass is 428 g/mol. The van der Waals surface area contributed by atoms with Crippen molar-refractivity contribution in [1.82, 2.24) is 4.57 Å². The molecular weight excluding hydrogens is 416 g/mol. The lowest BCUT2D eigenvalue weighted by atomic mass is 10.2. The Kier molecular flexibility index (Phi) is 5.04. The molecule has 2 aromatic carbocycles. The Labute approximate surface area is 172 Å². The van der Waals surface area contributed by atoms with E-state index in [0.29, 0.717) is 21.5 Å². The van der Waals surface area contributed by atoms with Crippen molar-refractivity contribution in [2.45, 2.75) is 6.54 Å². The topological polar surface area (TPSA) is 90.9 Å². The van der Waals surface area contributed by atoms with Gasteiger partial charge in [-0.15, -0.1) is 0 Å². The van der Waals surface area contributed by atoms with E-state index in [-0.39, 0.29) is 16.9 Å². The first kappa shape index (κ1) is 19.1. The molecule has 0 N–H and O–H groups in total. The van der Waals surface area contributed by atoms with Gasteiger partial charge in [0.05, 0.1) is 17.3 Å². The van der Waals surface area contributed by atoms with Gasteiger partial charge in [-0.2, -0.15) is 4.99 Å². The summed E-state index contributed by atoms with van der Waals surface area (Å²) < 4.78 is 12.2. The molecule has 4 rings (SSSR count). The van der Waals surface area contributed by atoms with Gasteiger partial charge in [-0.1, -0.05) is 41.1 Å². The number of thiazole rings is 1. The Morgan fingerprint density at radius 2 is 2.00 bits per heavy atom. The first-order valence-electron chi connectivity index (χ1n) is 8.44. The van der Waals surface area contributed by atoms with Crippen LogP contribution in [0.1, 0.15) is 10.4 Å². The Bertz CT molecular complexity index is 1400. The summed E-state index contributed by atoms with van der Waals surface area (Å²) in [6.45, 7) is -0.142. The van der Waals surface area contributed by atoms with Gasteiger partial charge in [0.15, 0.2) is 4.80 Å². The first-order chi connectivity index (χ1) is 14.0. The normalized spacial score (nSPS) is 11.9. The molecular formula is C20H13ClN2O5S. The van der Waals surface area contributed by atoms with E-state index in [9.17, 15) is 14.4 Å². The number of para-hydroxylation sites is 1. The number of carbonyl (C=O) groups excluding carboxylic acids is 2. The molecule has 2 heterocycles. The molecule has 2 aromatic heterocycles. The van der Waals surface area contributed by atoms with E-state index in [1.165, 1.54) is 24.5 Å². The fourth-order valence-corrected chi connectivity index (χ4v) is 4.14. The lowest BCUT2D eigenvalue weighted by Crippen LogP contribution is -2.23. The lowest BCUT2D eigenvalue weighted by molar-refractivity contribution is -0.141. The van der Waals surface area contributed by atoms with Crippen LogP contribution in [0.3, 0.4) is 0 Å². The maximum Gasteiger partial charge on any atom is 0.349 e. The number of ether oxygens (including phenoxy) is 1. The van der Waals surface area contributed by atoms with Crippen LogP contribution in [-0.4, -0.2) is 23.6 Å². The predicted molar refractivity (Wildman–Crippen MR) is 109 cm³/mol. The highest BCUT2D eigenvalue weighted by atomic mass is 35.5. The zero-order chi connectivity index (χ0) is 20.5. The Morgan fingerprint density at radius 1 is 1.21 bits per heavy atom. The molecule has 1 amide bonds. The van der Waals surface area contributed by atoms with Gasteiger partial charge in [0.2, 0.25) is 0 Å². The molecule has 7 nitrogen and oxygen atoms in total. The van der Waals surface area contributed by atoms with E-state index < -0.39 is 17.5 Å². The van der Waals surface area contributed by atoms with Gasteiger partial charge < -0.3 is 13.7 Å². The Hall–Kier alpha value is -3.23. The molecule has 0 aliphatic heterocycles. The van der Waals surface area contributed by atoms with E-state index in [0.717, 1.165) is 4.70 Å². The summed E-state index contributed by atoms with van der Waals surface area (Å²) >= 11 is 7.22. The van der Waals surface area contributed by atoms with Crippen molar-refractivity contribution in [2.24, 2.45) is 4.99 Å². The van der Waals surface area contributed by atoms with Gasteiger partial charge in [0.1, 0.15) is 17.7 Å². The highest BCUT2D eigenvalue weighted by Gasteiger charge is 2.16. The van der Waals surface area contributed by atoms with Crippen molar-refractivity contribution in [3.8, 4) is 0 Å². The van der Waals surface area contributed by atoms with Gasteiger partial charge in [-0.05, 0) is 30.3 Å².